The molecule has 0 unspecified atom stereocenters. The second-order valence-electron chi connectivity index (χ2n) is 7.19. The van der Waals surface area contributed by atoms with Crippen LogP contribution < -0.4 is 11.1 Å². The number of hydrogen-bond donors (Lipinski definition) is 2. The second kappa shape index (κ2) is 10.8. The lowest BCUT2D eigenvalue weighted by atomic mass is 10.0. The monoisotopic (exact) mass is 443 g/mol. The number of nitrogen functional groups attached to an aromatic ring is 1. The van der Waals surface area contributed by atoms with Gasteiger partial charge in [-0.25, -0.2) is 15.0 Å². The molecule has 0 saturated heterocycles. The number of anilines is 1. The minimum Gasteiger partial charge on any atom is -0.414 e. The molecule has 0 fully saturated rings. The van der Waals surface area contributed by atoms with E-state index in [4.69, 9.17) is 10.2 Å². The van der Waals surface area contributed by atoms with Crippen molar-refractivity contribution in [2.75, 3.05) is 32.9 Å². The molecule has 0 aliphatic rings. The van der Waals surface area contributed by atoms with E-state index in [1.165, 1.54) is 6.20 Å². The van der Waals surface area contributed by atoms with E-state index in [9.17, 15) is 5.26 Å². The molecule has 0 spiro atoms. The first-order valence-electron chi connectivity index (χ1n) is 10.2. The van der Waals surface area contributed by atoms with Gasteiger partial charge in [0.2, 0.25) is 5.89 Å². The van der Waals surface area contributed by atoms with Crippen molar-refractivity contribution in [1.29, 1.82) is 5.26 Å². The Balaban J connectivity index is 1.99. The quantitative estimate of drug-likeness (QED) is 0.290. The summed E-state index contributed by atoms with van der Waals surface area (Å²) in [5, 5.41) is 21.2. The number of hydrogen-bond acceptors (Lipinski definition) is 10. The molecule has 0 amide bonds. The van der Waals surface area contributed by atoms with Gasteiger partial charge in [-0.15, -0.1) is 10.2 Å². The second-order valence-corrected chi connectivity index (χ2v) is 7.19. The number of nitriles is 1. The van der Waals surface area contributed by atoms with E-state index >= 15 is 0 Å². The van der Waals surface area contributed by atoms with Crippen LogP contribution in [-0.2, 0) is 0 Å². The fourth-order valence-corrected chi connectivity index (χ4v) is 2.98. The number of likely N-dealkylation sites (N-methyl/N-ethyl adjacent to an activating group) is 1. The van der Waals surface area contributed by atoms with Gasteiger partial charge in [-0.3, -0.25) is 0 Å². The van der Waals surface area contributed by atoms with Crippen LogP contribution in [0, 0.1) is 11.3 Å². The van der Waals surface area contributed by atoms with Crippen molar-refractivity contribution in [3.63, 3.8) is 0 Å². The highest BCUT2D eigenvalue weighted by Gasteiger charge is 2.20. The highest BCUT2D eigenvalue weighted by atomic mass is 16.4. The highest BCUT2D eigenvalue weighted by Crippen LogP contribution is 2.29. The molecule has 3 aromatic rings. The van der Waals surface area contributed by atoms with Crippen LogP contribution in [0.25, 0.3) is 28.6 Å². The summed E-state index contributed by atoms with van der Waals surface area (Å²) in [7, 11) is 3.92. The lowest BCUT2D eigenvalue weighted by Gasteiger charge is -2.14. The number of nitrogens with zero attached hydrogens (tertiary/aromatic N) is 7. The third-order valence-electron chi connectivity index (χ3n) is 4.64. The average molecular weight is 444 g/mol. The maximum atomic E-state index is 9.87. The van der Waals surface area contributed by atoms with Crippen LogP contribution >= 0.6 is 0 Å². The van der Waals surface area contributed by atoms with Crippen LogP contribution in [0.1, 0.15) is 12.6 Å². The third-order valence-corrected chi connectivity index (χ3v) is 4.64. The number of allylic oxidation sites excluding steroid dienone is 3. The minimum atomic E-state index is 0.129. The topological polar surface area (TPSA) is 142 Å². The average Bonchev–Trinajstić information content (AvgIpc) is 3.32. The Hall–Kier alpha value is -4.36. The first-order valence-corrected chi connectivity index (χ1v) is 10.2. The van der Waals surface area contributed by atoms with Crippen molar-refractivity contribution >= 4 is 18.1 Å². The summed E-state index contributed by atoms with van der Waals surface area (Å²) in [4.78, 5) is 14.8. The van der Waals surface area contributed by atoms with Gasteiger partial charge in [0.25, 0.3) is 5.89 Å². The summed E-state index contributed by atoms with van der Waals surface area (Å²) in [6.45, 7) is 6.74. The Labute approximate surface area is 192 Å². The molecule has 10 nitrogen and oxygen atoms in total. The summed E-state index contributed by atoms with van der Waals surface area (Å²) in [6.07, 6.45) is 3.24. The van der Waals surface area contributed by atoms with Crippen molar-refractivity contribution in [2.45, 2.75) is 6.92 Å². The molecule has 2 heterocycles. The molecular formula is C23H25N9O. The lowest BCUT2D eigenvalue weighted by molar-refractivity contribution is 0.407. The molecule has 2 aromatic heterocycles. The molecule has 3 N–H and O–H groups in total. The van der Waals surface area contributed by atoms with Crippen molar-refractivity contribution in [2.24, 2.45) is 4.99 Å². The van der Waals surface area contributed by atoms with Gasteiger partial charge in [0.1, 0.15) is 17.5 Å². The Morgan fingerprint density at radius 1 is 1.27 bits per heavy atom. The van der Waals surface area contributed by atoms with Crippen LogP contribution in [0.15, 0.2) is 63.4 Å². The van der Waals surface area contributed by atoms with Gasteiger partial charge in [-0.2, -0.15) is 5.26 Å². The largest absolute Gasteiger partial charge is 0.414 e. The van der Waals surface area contributed by atoms with E-state index in [0.29, 0.717) is 29.5 Å². The minimum absolute atomic E-state index is 0.129. The lowest BCUT2D eigenvalue weighted by Crippen LogP contribution is -2.26. The van der Waals surface area contributed by atoms with Crippen LogP contribution in [0.5, 0.6) is 0 Å². The fourth-order valence-electron chi connectivity index (χ4n) is 2.98. The van der Waals surface area contributed by atoms with E-state index in [1.807, 2.05) is 49.3 Å². The molecule has 168 valence electrons. The Morgan fingerprint density at radius 2 is 2.00 bits per heavy atom. The number of nitrogens with one attached hydrogen (secondary N) is 1. The molecular weight excluding hydrogens is 418 g/mol. The summed E-state index contributed by atoms with van der Waals surface area (Å²) >= 11 is 0. The fraction of sp³-hybridized carbons (Fsp3) is 0.217. The first-order chi connectivity index (χ1) is 16.0. The van der Waals surface area contributed by atoms with E-state index in [-0.39, 0.29) is 23.0 Å². The predicted molar refractivity (Wildman–Crippen MR) is 128 cm³/mol. The zero-order valence-corrected chi connectivity index (χ0v) is 18.8. The smallest absolute Gasteiger partial charge is 0.270 e. The molecule has 0 radical (unpaired) electrons. The summed E-state index contributed by atoms with van der Waals surface area (Å²) in [5.41, 5.74) is 8.27. The molecule has 0 aliphatic heterocycles. The molecule has 33 heavy (non-hydrogen) atoms. The predicted octanol–water partition coefficient (Wildman–Crippen LogP) is 2.77. The third kappa shape index (κ3) is 5.47. The number of rotatable bonds is 9. The molecule has 0 aliphatic carbocycles. The van der Waals surface area contributed by atoms with E-state index < -0.39 is 0 Å². The highest BCUT2D eigenvalue weighted by molar-refractivity contribution is 5.83. The maximum Gasteiger partial charge on any atom is 0.270 e. The molecule has 1 aromatic carbocycles. The first kappa shape index (κ1) is 23.3. The van der Waals surface area contributed by atoms with Gasteiger partial charge in [0.15, 0.2) is 11.5 Å². The Bertz CT molecular complexity index is 1220. The van der Waals surface area contributed by atoms with E-state index in [1.54, 1.807) is 13.0 Å². The van der Waals surface area contributed by atoms with Gasteiger partial charge >= 0.3 is 0 Å². The summed E-state index contributed by atoms with van der Waals surface area (Å²) in [5.74, 6) is 0.956. The van der Waals surface area contributed by atoms with Crippen molar-refractivity contribution in [1.82, 2.24) is 30.4 Å². The standard InChI is InChI=1S/C23H25N9O/c1-5-16(17(13-24)21(26-2)27-11-12-32(3)4)18-14-28-20(25)19(29-18)23-31-30-22(33-23)15-9-7-6-8-10-15/h5-10,14,27H,2,11-12H2,1,3-4H3,(H2,25,28)/b16-5+,21-17+. The number of benzene rings is 1. The van der Waals surface area contributed by atoms with Crippen LogP contribution in [0.4, 0.5) is 5.82 Å². The van der Waals surface area contributed by atoms with Gasteiger partial charge < -0.3 is 20.4 Å². The van der Waals surface area contributed by atoms with Crippen LogP contribution in [-0.4, -0.2) is 59.0 Å². The van der Waals surface area contributed by atoms with Crippen LogP contribution in [0.2, 0.25) is 0 Å². The Kier molecular flexibility index (Phi) is 7.62. The number of aliphatic imine (C=N–C) groups is 1. The summed E-state index contributed by atoms with van der Waals surface area (Å²) in [6, 6.07) is 11.6. The van der Waals surface area contributed by atoms with Gasteiger partial charge in [-0.05, 0) is 39.9 Å². The Morgan fingerprint density at radius 3 is 2.64 bits per heavy atom. The zero-order chi connectivity index (χ0) is 23.8. The van der Waals surface area contributed by atoms with E-state index in [0.717, 1.165) is 12.1 Å². The van der Waals surface area contributed by atoms with Gasteiger partial charge in [0.05, 0.1) is 11.9 Å². The molecule has 10 heteroatoms. The summed E-state index contributed by atoms with van der Waals surface area (Å²) < 4.78 is 5.79. The van der Waals surface area contributed by atoms with Crippen molar-refractivity contribution in [3.8, 4) is 29.1 Å². The molecule has 3 rings (SSSR count). The van der Waals surface area contributed by atoms with Gasteiger partial charge in [0, 0.05) is 24.2 Å². The van der Waals surface area contributed by atoms with Crippen molar-refractivity contribution in [3.05, 3.63) is 59.7 Å². The zero-order valence-electron chi connectivity index (χ0n) is 18.8. The SMILES string of the molecule is C=N/C(NCCN(C)C)=C(C#N)\C(=C/C)c1cnc(N)c(-c2nnc(-c3ccccc3)o2)n1. The normalized spacial score (nSPS) is 12.3. The van der Waals surface area contributed by atoms with Crippen molar-refractivity contribution < 1.29 is 4.42 Å². The van der Waals surface area contributed by atoms with Gasteiger partial charge in [-0.1, -0.05) is 24.3 Å². The number of aromatic nitrogens is 4. The number of nitrogens with two attached hydrogens (primary N) is 1. The maximum absolute atomic E-state index is 9.87. The molecule has 0 atom stereocenters. The molecule has 0 saturated carbocycles. The van der Waals surface area contributed by atoms with E-state index in [2.05, 4.69) is 43.3 Å². The van der Waals surface area contributed by atoms with Crippen LogP contribution in [0.3, 0.4) is 0 Å². The molecule has 0 bridgehead atoms.